The second-order valence-electron chi connectivity index (χ2n) is 3.09. The molecule has 0 aromatic heterocycles. The molecule has 5 nitrogen and oxygen atoms in total. The van der Waals surface area contributed by atoms with Gasteiger partial charge in [0.15, 0.2) is 6.29 Å². The third-order valence-electron chi connectivity index (χ3n) is 2.21. The second kappa shape index (κ2) is 3.68. The molecule has 1 aliphatic heterocycles. The van der Waals surface area contributed by atoms with Gasteiger partial charge in [0, 0.05) is 5.92 Å². The molecule has 0 amide bonds. The van der Waals surface area contributed by atoms with Crippen LogP contribution in [0.3, 0.4) is 0 Å². The molecule has 1 saturated heterocycles. The Bertz CT molecular complexity index is 146. The van der Waals surface area contributed by atoms with Crippen molar-refractivity contribution < 1.29 is 25.2 Å². The van der Waals surface area contributed by atoms with Crippen LogP contribution >= 0.6 is 0 Å². The normalized spacial score (nSPS) is 49.2. The highest BCUT2D eigenvalue weighted by molar-refractivity contribution is 4.86. The highest BCUT2D eigenvalue weighted by Gasteiger charge is 2.40. The zero-order valence-corrected chi connectivity index (χ0v) is 6.79. The van der Waals surface area contributed by atoms with Gasteiger partial charge in [-0.25, -0.2) is 0 Å². The molecule has 0 aromatic rings. The van der Waals surface area contributed by atoms with Gasteiger partial charge in [-0.1, -0.05) is 6.92 Å². The topological polar surface area (TPSA) is 90.2 Å². The maximum atomic E-state index is 9.32. The van der Waals surface area contributed by atoms with E-state index < -0.39 is 37.1 Å². The summed E-state index contributed by atoms with van der Waals surface area (Å²) in [5, 5.41) is 36.4. The molecular weight excluding hydrogens is 164 g/mol. The Morgan fingerprint density at radius 1 is 1.17 bits per heavy atom. The van der Waals surface area contributed by atoms with E-state index in [9.17, 15) is 10.2 Å². The second-order valence-corrected chi connectivity index (χ2v) is 3.09. The molecule has 1 rings (SSSR count). The van der Waals surface area contributed by atoms with Crippen LogP contribution < -0.4 is 0 Å². The van der Waals surface area contributed by atoms with Gasteiger partial charge in [-0.3, -0.25) is 0 Å². The molecule has 1 fully saturated rings. The summed E-state index contributed by atoms with van der Waals surface area (Å²) >= 11 is 0. The van der Waals surface area contributed by atoms with Gasteiger partial charge >= 0.3 is 0 Å². The predicted molar refractivity (Wildman–Crippen MR) is 39.1 cm³/mol. The molecule has 72 valence electrons. The largest absolute Gasteiger partial charge is 0.394 e. The maximum absolute atomic E-state index is 9.32. The fourth-order valence-corrected chi connectivity index (χ4v) is 1.23. The van der Waals surface area contributed by atoms with Crippen molar-refractivity contribution in [3.05, 3.63) is 0 Å². The van der Waals surface area contributed by atoms with Crippen LogP contribution in [0.2, 0.25) is 0 Å². The predicted octanol–water partition coefficient (Wildman–Crippen LogP) is -1.95. The molecule has 5 heteroatoms. The van der Waals surface area contributed by atoms with Gasteiger partial charge in [-0.2, -0.15) is 0 Å². The van der Waals surface area contributed by atoms with Crippen molar-refractivity contribution in [2.24, 2.45) is 5.92 Å². The highest BCUT2D eigenvalue weighted by Crippen LogP contribution is 2.23. The number of ether oxygens (including phenoxy) is 1. The zero-order valence-electron chi connectivity index (χ0n) is 6.79. The Labute approximate surface area is 70.2 Å². The summed E-state index contributed by atoms with van der Waals surface area (Å²) in [6, 6.07) is 0. The lowest BCUT2D eigenvalue weighted by Crippen LogP contribution is -2.54. The van der Waals surface area contributed by atoms with Crippen LogP contribution in [0.15, 0.2) is 0 Å². The molecule has 12 heavy (non-hydrogen) atoms. The Morgan fingerprint density at radius 3 is 2.25 bits per heavy atom. The smallest absolute Gasteiger partial charge is 0.160 e. The Morgan fingerprint density at radius 2 is 1.75 bits per heavy atom. The minimum Gasteiger partial charge on any atom is -0.394 e. The molecule has 1 heterocycles. The lowest BCUT2D eigenvalue weighted by atomic mass is 9.93. The number of aliphatic hydroxyl groups excluding tert-OH is 4. The number of aliphatic hydroxyl groups is 4. The van der Waals surface area contributed by atoms with Crippen LogP contribution in [0.25, 0.3) is 0 Å². The van der Waals surface area contributed by atoms with Gasteiger partial charge in [-0.15, -0.1) is 0 Å². The van der Waals surface area contributed by atoms with E-state index in [0.717, 1.165) is 0 Å². The van der Waals surface area contributed by atoms with Crippen molar-refractivity contribution in [2.75, 3.05) is 6.61 Å². The van der Waals surface area contributed by atoms with E-state index in [1.807, 2.05) is 0 Å². The van der Waals surface area contributed by atoms with E-state index >= 15 is 0 Å². The first-order valence-electron chi connectivity index (χ1n) is 3.88. The molecule has 3 unspecified atom stereocenters. The van der Waals surface area contributed by atoms with Crippen molar-refractivity contribution in [1.82, 2.24) is 0 Å². The van der Waals surface area contributed by atoms with Gasteiger partial charge in [0.25, 0.3) is 0 Å². The van der Waals surface area contributed by atoms with Gasteiger partial charge in [0.05, 0.1) is 12.7 Å². The summed E-state index contributed by atoms with van der Waals surface area (Å²) < 4.78 is 4.83. The summed E-state index contributed by atoms with van der Waals surface area (Å²) in [4.78, 5) is 0. The number of hydrogen-bond donors (Lipinski definition) is 4. The Kier molecular flexibility index (Phi) is 3.03. The van der Waals surface area contributed by atoms with E-state index in [-0.39, 0.29) is 0 Å². The molecule has 0 radical (unpaired) electrons. The van der Waals surface area contributed by atoms with Crippen molar-refractivity contribution in [2.45, 2.75) is 31.5 Å². The summed E-state index contributed by atoms with van der Waals surface area (Å²) in [7, 11) is 0. The third kappa shape index (κ3) is 1.60. The quantitative estimate of drug-likeness (QED) is 0.375. The van der Waals surface area contributed by atoms with E-state index in [1.165, 1.54) is 0 Å². The monoisotopic (exact) mass is 178 g/mol. The molecule has 5 atom stereocenters. The summed E-state index contributed by atoms with van der Waals surface area (Å²) in [5.74, 6) is -0.539. The maximum Gasteiger partial charge on any atom is 0.160 e. The van der Waals surface area contributed by atoms with Gasteiger partial charge in [0.1, 0.15) is 12.2 Å². The number of hydrogen-bond acceptors (Lipinski definition) is 5. The van der Waals surface area contributed by atoms with Crippen LogP contribution in [-0.2, 0) is 4.74 Å². The SMILES string of the molecule is C[C@@H]1C(O)C(O)C(CO)O[C@H]1O. The molecule has 1 aliphatic rings. The standard InChI is InChI=1S/C7H14O5/c1-3-5(9)6(10)4(2-8)12-7(3)11/h3-11H,2H2,1H3/t3-,4?,5?,6?,7-/m1/s1. The highest BCUT2D eigenvalue weighted by atomic mass is 16.6. The minimum absolute atomic E-state index is 0.415. The van der Waals surface area contributed by atoms with Gasteiger partial charge in [-0.05, 0) is 0 Å². The lowest BCUT2D eigenvalue weighted by Gasteiger charge is -2.38. The lowest BCUT2D eigenvalue weighted by molar-refractivity contribution is -0.266. The van der Waals surface area contributed by atoms with E-state index in [2.05, 4.69) is 0 Å². The minimum atomic E-state index is -1.13. The van der Waals surface area contributed by atoms with Crippen LogP contribution in [-0.4, -0.2) is 51.6 Å². The van der Waals surface area contributed by atoms with Crippen molar-refractivity contribution in [3.8, 4) is 0 Å². The Hall–Kier alpha value is -0.200. The fraction of sp³-hybridized carbons (Fsp3) is 1.00. The van der Waals surface area contributed by atoms with Gasteiger partial charge in [0.2, 0.25) is 0 Å². The molecule has 0 aromatic carbocycles. The first kappa shape index (κ1) is 9.88. The molecule has 0 bridgehead atoms. The molecule has 4 N–H and O–H groups in total. The zero-order chi connectivity index (χ0) is 9.30. The van der Waals surface area contributed by atoms with Crippen molar-refractivity contribution in [1.29, 1.82) is 0 Å². The first-order valence-corrected chi connectivity index (χ1v) is 3.88. The summed E-state index contributed by atoms with van der Waals surface area (Å²) in [6.07, 6.45) is -4.20. The average Bonchev–Trinajstić information content (AvgIpc) is 2.08. The number of rotatable bonds is 1. The molecule has 0 spiro atoms. The fourth-order valence-electron chi connectivity index (χ4n) is 1.23. The molecular formula is C7H14O5. The average molecular weight is 178 g/mol. The van der Waals surface area contributed by atoms with Crippen LogP contribution in [0, 0.1) is 5.92 Å². The first-order chi connectivity index (χ1) is 5.57. The molecule has 0 aliphatic carbocycles. The van der Waals surface area contributed by atoms with Gasteiger partial charge < -0.3 is 25.2 Å². The van der Waals surface area contributed by atoms with Crippen LogP contribution in [0.4, 0.5) is 0 Å². The summed E-state index contributed by atoms with van der Waals surface area (Å²) in [5.41, 5.74) is 0. The van der Waals surface area contributed by atoms with Crippen LogP contribution in [0.1, 0.15) is 6.92 Å². The van der Waals surface area contributed by atoms with E-state index in [0.29, 0.717) is 0 Å². The van der Waals surface area contributed by atoms with Crippen molar-refractivity contribution >= 4 is 0 Å². The van der Waals surface area contributed by atoms with Crippen molar-refractivity contribution in [3.63, 3.8) is 0 Å². The third-order valence-corrected chi connectivity index (χ3v) is 2.21. The summed E-state index contributed by atoms with van der Waals surface area (Å²) in [6.45, 7) is 1.15. The molecule has 0 saturated carbocycles. The van der Waals surface area contributed by atoms with E-state index in [4.69, 9.17) is 14.9 Å². The van der Waals surface area contributed by atoms with Crippen LogP contribution in [0.5, 0.6) is 0 Å². The van der Waals surface area contributed by atoms with E-state index in [1.54, 1.807) is 6.92 Å². The Balaban J connectivity index is 2.63.